The number of nitrogens with zero attached hydrogens (tertiary/aromatic N) is 1. The molecule has 0 fully saturated rings. The fourth-order valence-corrected chi connectivity index (χ4v) is 2.46. The number of hydrogen-bond donors (Lipinski definition) is 0. The summed E-state index contributed by atoms with van der Waals surface area (Å²) in [4.78, 5) is 4.42. The van der Waals surface area contributed by atoms with E-state index in [0.717, 1.165) is 27.6 Å². The van der Waals surface area contributed by atoms with E-state index in [1.54, 1.807) is 18.3 Å². The molecule has 1 aromatic heterocycles. The first-order valence-electron chi connectivity index (χ1n) is 5.98. The number of hydrogen-bond acceptors (Lipinski definition) is 1. The van der Waals surface area contributed by atoms with E-state index < -0.39 is 0 Å². The Hall–Kier alpha value is -1.93. The van der Waals surface area contributed by atoms with E-state index in [-0.39, 0.29) is 5.82 Å². The van der Waals surface area contributed by atoms with Gasteiger partial charge in [0.2, 0.25) is 0 Å². The van der Waals surface area contributed by atoms with E-state index >= 15 is 0 Å². The van der Waals surface area contributed by atoms with E-state index in [4.69, 9.17) is 11.6 Å². The number of fused-ring (bicyclic) bond motifs is 1. The minimum absolute atomic E-state index is 0.245. The van der Waals surface area contributed by atoms with Gasteiger partial charge in [0.05, 0.1) is 5.69 Å². The number of alkyl halides is 1. The average Bonchev–Trinajstić information content (AvgIpc) is 2.47. The fourth-order valence-electron chi connectivity index (χ4n) is 2.23. The third-order valence-corrected chi connectivity index (χ3v) is 3.45. The minimum Gasteiger partial charge on any atom is -0.256 e. The van der Waals surface area contributed by atoms with Crippen molar-refractivity contribution in [1.82, 2.24) is 4.98 Å². The van der Waals surface area contributed by atoms with Gasteiger partial charge in [-0.1, -0.05) is 18.2 Å². The maximum atomic E-state index is 13.0. The van der Waals surface area contributed by atoms with Gasteiger partial charge in [-0.3, -0.25) is 4.98 Å². The molecule has 3 heteroatoms. The van der Waals surface area contributed by atoms with E-state index in [1.165, 1.54) is 12.1 Å². The molecule has 3 aromatic rings. The second kappa shape index (κ2) is 4.98. The summed E-state index contributed by atoms with van der Waals surface area (Å²) in [6, 6.07) is 14.3. The van der Waals surface area contributed by atoms with Gasteiger partial charge in [-0.25, -0.2) is 4.39 Å². The highest BCUT2D eigenvalue weighted by molar-refractivity contribution is 6.18. The Labute approximate surface area is 115 Å². The Morgan fingerprint density at radius 1 is 0.947 bits per heavy atom. The Kier molecular flexibility index (Phi) is 3.18. The van der Waals surface area contributed by atoms with E-state index in [2.05, 4.69) is 4.98 Å². The van der Waals surface area contributed by atoms with Crippen molar-refractivity contribution in [2.75, 3.05) is 0 Å². The van der Waals surface area contributed by atoms with Crippen molar-refractivity contribution in [3.05, 3.63) is 66.1 Å². The van der Waals surface area contributed by atoms with Crippen LogP contribution in [-0.2, 0) is 5.88 Å². The predicted molar refractivity (Wildman–Crippen MR) is 76.7 cm³/mol. The third-order valence-electron chi connectivity index (χ3n) is 3.16. The summed E-state index contributed by atoms with van der Waals surface area (Å²) in [7, 11) is 0. The number of benzene rings is 2. The number of aromatic nitrogens is 1. The van der Waals surface area contributed by atoms with Crippen LogP contribution in [0.1, 0.15) is 5.56 Å². The molecule has 0 N–H and O–H groups in total. The summed E-state index contributed by atoms with van der Waals surface area (Å²) in [6.07, 6.45) is 1.76. The normalized spacial score (nSPS) is 10.8. The summed E-state index contributed by atoms with van der Waals surface area (Å²) in [5, 5.41) is 2.12. The smallest absolute Gasteiger partial charge is 0.123 e. The zero-order valence-electron chi connectivity index (χ0n) is 10.1. The Balaban J connectivity index is 2.27. The molecule has 0 aliphatic carbocycles. The van der Waals surface area contributed by atoms with Gasteiger partial charge in [0.15, 0.2) is 0 Å². The molecule has 0 aliphatic heterocycles. The molecule has 0 saturated carbocycles. The zero-order chi connectivity index (χ0) is 13.2. The average molecular weight is 272 g/mol. The molecule has 0 aliphatic rings. The van der Waals surface area contributed by atoms with Crippen LogP contribution < -0.4 is 0 Å². The van der Waals surface area contributed by atoms with E-state index in [0.29, 0.717) is 5.88 Å². The van der Waals surface area contributed by atoms with Crippen LogP contribution in [0.25, 0.3) is 22.0 Å². The summed E-state index contributed by atoms with van der Waals surface area (Å²) >= 11 is 5.96. The van der Waals surface area contributed by atoms with Crippen LogP contribution in [0.2, 0.25) is 0 Å². The first-order chi connectivity index (χ1) is 9.29. The largest absolute Gasteiger partial charge is 0.256 e. The van der Waals surface area contributed by atoms with Gasteiger partial charge in [-0.15, -0.1) is 11.6 Å². The molecule has 0 bridgehead atoms. The summed E-state index contributed by atoms with van der Waals surface area (Å²) in [5.74, 6) is 0.218. The van der Waals surface area contributed by atoms with Crippen LogP contribution in [0.15, 0.2) is 54.7 Å². The SMILES string of the molecule is Fc1ccc(-c2nccc3c(CCl)cccc23)cc1. The van der Waals surface area contributed by atoms with Crippen LogP contribution in [0.4, 0.5) is 4.39 Å². The molecule has 0 saturated heterocycles. The van der Waals surface area contributed by atoms with Crippen LogP contribution >= 0.6 is 11.6 Å². The molecule has 19 heavy (non-hydrogen) atoms. The van der Waals surface area contributed by atoms with Crippen molar-refractivity contribution >= 4 is 22.4 Å². The van der Waals surface area contributed by atoms with Gasteiger partial charge in [-0.2, -0.15) is 0 Å². The van der Waals surface area contributed by atoms with Crippen molar-refractivity contribution in [2.24, 2.45) is 0 Å². The molecular weight excluding hydrogens is 261 g/mol. The second-order valence-electron chi connectivity index (χ2n) is 4.31. The molecule has 0 amide bonds. The monoisotopic (exact) mass is 271 g/mol. The number of pyridine rings is 1. The number of halogens is 2. The predicted octanol–water partition coefficient (Wildman–Crippen LogP) is 4.78. The molecule has 1 nitrogen and oxygen atoms in total. The van der Waals surface area contributed by atoms with Gasteiger partial charge < -0.3 is 0 Å². The fraction of sp³-hybridized carbons (Fsp3) is 0.0625. The van der Waals surface area contributed by atoms with Crippen LogP contribution in [-0.4, -0.2) is 4.98 Å². The van der Waals surface area contributed by atoms with Gasteiger partial charge in [0.25, 0.3) is 0 Å². The molecule has 0 radical (unpaired) electrons. The Bertz CT molecular complexity index is 722. The van der Waals surface area contributed by atoms with E-state index in [9.17, 15) is 4.39 Å². The highest BCUT2D eigenvalue weighted by Crippen LogP contribution is 2.29. The molecule has 2 aromatic carbocycles. The lowest BCUT2D eigenvalue weighted by Crippen LogP contribution is -1.89. The van der Waals surface area contributed by atoms with Crippen molar-refractivity contribution < 1.29 is 4.39 Å². The molecule has 0 atom stereocenters. The Morgan fingerprint density at radius 2 is 1.74 bits per heavy atom. The minimum atomic E-state index is -0.245. The standard InChI is InChI=1S/C16H11ClFN/c17-10-12-2-1-3-15-14(12)8-9-19-16(15)11-4-6-13(18)7-5-11/h1-9H,10H2. The molecule has 1 heterocycles. The lowest BCUT2D eigenvalue weighted by molar-refractivity contribution is 0.628. The quantitative estimate of drug-likeness (QED) is 0.611. The lowest BCUT2D eigenvalue weighted by atomic mass is 10.0. The molecule has 94 valence electrons. The topological polar surface area (TPSA) is 12.9 Å². The Morgan fingerprint density at radius 3 is 2.47 bits per heavy atom. The summed E-state index contributed by atoms with van der Waals surface area (Å²) in [6.45, 7) is 0. The second-order valence-corrected chi connectivity index (χ2v) is 4.58. The molecule has 0 unspecified atom stereocenters. The van der Waals surface area contributed by atoms with Gasteiger partial charge >= 0.3 is 0 Å². The first-order valence-corrected chi connectivity index (χ1v) is 6.51. The van der Waals surface area contributed by atoms with Gasteiger partial charge in [0, 0.05) is 23.0 Å². The number of rotatable bonds is 2. The highest BCUT2D eigenvalue weighted by Gasteiger charge is 2.07. The van der Waals surface area contributed by atoms with E-state index in [1.807, 2.05) is 24.3 Å². The van der Waals surface area contributed by atoms with Crippen LogP contribution in [0, 0.1) is 5.82 Å². The van der Waals surface area contributed by atoms with Crippen molar-refractivity contribution in [2.45, 2.75) is 5.88 Å². The van der Waals surface area contributed by atoms with Crippen molar-refractivity contribution in [1.29, 1.82) is 0 Å². The van der Waals surface area contributed by atoms with Gasteiger partial charge in [0.1, 0.15) is 5.82 Å². The maximum Gasteiger partial charge on any atom is 0.123 e. The van der Waals surface area contributed by atoms with Crippen LogP contribution in [0.5, 0.6) is 0 Å². The van der Waals surface area contributed by atoms with Gasteiger partial charge in [-0.05, 0) is 41.3 Å². The summed E-state index contributed by atoms with van der Waals surface area (Å²) in [5.41, 5.74) is 2.83. The van der Waals surface area contributed by atoms with Crippen molar-refractivity contribution in [3.63, 3.8) is 0 Å². The third kappa shape index (κ3) is 2.20. The molecular formula is C16H11ClFN. The highest BCUT2D eigenvalue weighted by atomic mass is 35.5. The van der Waals surface area contributed by atoms with Crippen molar-refractivity contribution in [3.8, 4) is 11.3 Å². The van der Waals surface area contributed by atoms with Crippen LogP contribution in [0.3, 0.4) is 0 Å². The maximum absolute atomic E-state index is 13.0. The first kappa shape index (κ1) is 12.1. The molecule has 0 spiro atoms. The lowest BCUT2D eigenvalue weighted by Gasteiger charge is -2.08. The summed E-state index contributed by atoms with van der Waals surface area (Å²) < 4.78 is 13.0. The zero-order valence-corrected chi connectivity index (χ0v) is 10.9. The molecule has 3 rings (SSSR count).